The van der Waals surface area contributed by atoms with Crippen LogP contribution >= 0.6 is 11.3 Å². The maximum atomic E-state index is 13.0. The second kappa shape index (κ2) is 4.84. The summed E-state index contributed by atoms with van der Waals surface area (Å²) in [5, 5.41) is 5.37. The van der Waals surface area contributed by atoms with Gasteiger partial charge in [0.15, 0.2) is 0 Å². The van der Waals surface area contributed by atoms with E-state index in [0.717, 1.165) is 42.9 Å². The van der Waals surface area contributed by atoms with Gasteiger partial charge >= 0.3 is 0 Å². The third-order valence-electron chi connectivity index (χ3n) is 4.49. The van der Waals surface area contributed by atoms with Gasteiger partial charge in [-0.1, -0.05) is 0 Å². The van der Waals surface area contributed by atoms with Crippen LogP contribution in [0.5, 0.6) is 0 Å². The van der Waals surface area contributed by atoms with Crippen LogP contribution in [-0.4, -0.2) is 28.9 Å². The summed E-state index contributed by atoms with van der Waals surface area (Å²) < 4.78 is 0. The van der Waals surface area contributed by atoms with Crippen LogP contribution in [0.4, 0.5) is 5.82 Å². The predicted molar refractivity (Wildman–Crippen MR) is 83.9 cm³/mol. The first-order valence-electron chi connectivity index (χ1n) is 7.34. The van der Waals surface area contributed by atoms with Gasteiger partial charge in [0, 0.05) is 35.3 Å². The Bertz CT molecular complexity index is 709. The van der Waals surface area contributed by atoms with Crippen LogP contribution in [0.15, 0.2) is 23.7 Å². The minimum Gasteiger partial charge on any atom is -0.369 e. The lowest BCUT2D eigenvalue weighted by molar-refractivity contribution is 0.0678. The van der Waals surface area contributed by atoms with Gasteiger partial charge in [0.2, 0.25) is 0 Å². The maximum Gasteiger partial charge on any atom is 0.254 e. The number of thiophene rings is 1. The molecule has 2 aromatic heterocycles. The van der Waals surface area contributed by atoms with Crippen molar-refractivity contribution < 1.29 is 4.79 Å². The van der Waals surface area contributed by atoms with E-state index in [1.165, 1.54) is 10.4 Å². The maximum absolute atomic E-state index is 13.0. The van der Waals surface area contributed by atoms with Crippen molar-refractivity contribution in [2.75, 3.05) is 18.4 Å². The highest BCUT2D eigenvalue weighted by Crippen LogP contribution is 2.34. The molecule has 1 atom stereocenters. The van der Waals surface area contributed by atoms with Crippen LogP contribution in [0.1, 0.15) is 39.3 Å². The quantitative estimate of drug-likeness (QED) is 0.880. The molecule has 108 valence electrons. The second-order valence-electron chi connectivity index (χ2n) is 5.59. The molecule has 1 unspecified atom stereocenters. The van der Waals surface area contributed by atoms with Gasteiger partial charge in [0.05, 0.1) is 6.04 Å². The Morgan fingerprint density at radius 1 is 1.43 bits per heavy atom. The van der Waals surface area contributed by atoms with Crippen molar-refractivity contribution in [2.45, 2.75) is 25.8 Å². The van der Waals surface area contributed by atoms with Crippen molar-refractivity contribution in [1.82, 2.24) is 9.88 Å². The van der Waals surface area contributed by atoms with E-state index in [4.69, 9.17) is 0 Å². The lowest BCUT2D eigenvalue weighted by Crippen LogP contribution is -2.38. The highest BCUT2D eigenvalue weighted by atomic mass is 32.1. The van der Waals surface area contributed by atoms with Crippen LogP contribution in [0.25, 0.3) is 0 Å². The first-order chi connectivity index (χ1) is 10.3. The lowest BCUT2D eigenvalue weighted by atomic mass is 9.99. The number of nitrogens with one attached hydrogen (secondary N) is 1. The van der Waals surface area contributed by atoms with Gasteiger partial charge in [-0.05, 0) is 42.8 Å². The Morgan fingerprint density at radius 2 is 2.33 bits per heavy atom. The molecule has 0 fully saturated rings. The summed E-state index contributed by atoms with van der Waals surface area (Å²) in [6.45, 7) is 3.80. The molecule has 0 bridgehead atoms. The molecule has 0 radical (unpaired) electrons. The molecule has 0 saturated heterocycles. The number of anilines is 1. The number of amides is 1. The van der Waals surface area contributed by atoms with E-state index >= 15 is 0 Å². The standard InChI is InChI=1S/C16H17N3OS/c1-10-11-5-9-21-14(11)4-8-19(10)16(20)13-3-7-18-15-12(13)2-6-17-15/h3,5,7,9-10H,2,4,6,8H2,1H3,(H,17,18). The fraction of sp³-hybridized carbons (Fsp3) is 0.375. The van der Waals surface area contributed by atoms with Gasteiger partial charge in [0.25, 0.3) is 5.91 Å². The molecule has 5 heteroatoms. The zero-order valence-electron chi connectivity index (χ0n) is 11.9. The minimum atomic E-state index is 0.140. The highest BCUT2D eigenvalue weighted by molar-refractivity contribution is 7.10. The first kappa shape index (κ1) is 12.8. The van der Waals surface area contributed by atoms with Crippen LogP contribution in [0, 0.1) is 0 Å². The number of hydrogen-bond acceptors (Lipinski definition) is 4. The summed E-state index contributed by atoms with van der Waals surface area (Å²) in [4.78, 5) is 20.7. The topological polar surface area (TPSA) is 45.2 Å². The summed E-state index contributed by atoms with van der Waals surface area (Å²) in [6.07, 6.45) is 3.58. The molecule has 0 spiro atoms. The van der Waals surface area contributed by atoms with E-state index in [2.05, 4.69) is 28.7 Å². The smallest absolute Gasteiger partial charge is 0.254 e. The highest BCUT2D eigenvalue weighted by Gasteiger charge is 2.31. The minimum absolute atomic E-state index is 0.140. The normalized spacial score (nSPS) is 19.9. The molecular weight excluding hydrogens is 282 g/mol. The average Bonchev–Trinajstić information content (AvgIpc) is 3.15. The molecule has 1 amide bonds. The van der Waals surface area contributed by atoms with Gasteiger partial charge in [-0.2, -0.15) is 0 Å². The predicted octanol–water partition coefficient (Wildman–Crippen LogP) is 2.87. The molecule has 4 heterocycles. The largest absolute Gasteiger partial charge is 0.369 e. The molecule has 2 aliphatic heterocycles. The van der Waals surface area contributed by atoms with Crippen LogP contribution < -0.4 is 5.32 Å². The van der Waals surface area contributed by atoms with E-state index in [1.807, 2.05) is 11.0 Å². The molecule has 4 rings (SSSR count). The number of carbonyl (C=O) groups excluding carboxylic acids is 1. The van der Waals surface area contributed by atoms with Gasteiger partial charge < -0.3 is 10.2 Å². The van der Waals surface area contributed by atoms with Gasteiger partial charge in [-0.3, -0.25) is 4.79 Å². The molecule has 21 heavy (non-hydrogen) atoms. The molecule has 2 aliphatic rings. The number of fused-ring (bicyclic) bond motifs is 2. The van der Waals surface area contributed by atoms with Gasteiger partial charge in [-0.25, -0.2) is 4.98 Å². The Kier molecular flexibility index (Phi) is 2.96. The number of hydrogen-bond donors (Lipinski definition) is 1. The van der Waals surface area contributed by atoms with E-state index < -0.39 is 0 Å². The number of pyridine rings is 1. The Hall–Kier alpha value is -1.88. The van der Waals surface area contributed by atoms with E-state index in [9.17, 15) is 4.79 Å². The van der Waals surface area contributed by atoms with E-state index in [1.54, 1.807) is 17.5 Å². The Morgan fingerprint density at radius 3 is 3.24 bits per heavy atom. The molecular formula is C16H17N3OS. The third kappa shape index (κ3) is 1.95. The van der Waals surface area contributed by atoms with E-state index in [-0.39, 0.29) is 11.9 Å². The number of aromatic nitrogens is 1. The summed E-state index contributed by atoms with van der Waals surface area (Å²) in [5.41, 5.74) is 3.20. The lowest BCUT2D eigenvalue weighted by Gasteiger charge is -2.34. The van der Waals surface area contributed by atoms with Crippen molar-refractivity contribution in [3.63, 3.8) is 0 Å². The Balaban J connectivity index is 1.69. The zero-order valence-corrected chi connectivity index (χ0v) is 12.7. The fourth-order valence-electron chi connectivity index (χ4n) is 3.35. The van der Waals surface area contributed by atoms with Crippen LogP contribution in [-0.2, 0) is 12.8 Å². The van der Waals surface area contributed by atoms with Gasteiger partial charge in [-0.15, -0.1) is 11.3 Å². The molecule has 2 aromatic rings. The molecule has 1 N–H and O–H groups in total. The number of rotatable bonds is 1. The van der Waals surface area contributed by atoms with Crippen molar-refractivity contribution in [3.05, 3.63) is 45.3 Å². The summed E-state index contributed by atoms with van der Waals surface area (Å²) in [6, 6.07) is 4.18. The summed E-state index contributed by atoms with van der Waals surface area (Å²) >= 11 is 1.80. The van der Waals surface area contributed by atoms with E-state index in [0.29, 0.717) is 0 Å². The molecule has 0 aromatic carbocycles. The zero-order chi connectivity index (χ0) is 14.4. The van der Waals surface area contributed by atoms with Gasteiger partial charge in [0.1, 0.15) is 5.82 Å². The van der Waals surface area contributed by atoms with Crippen LogP contribution in [0.2, 0.25) is 0 Å². The van der Waals surface area contributed by atoms with Crippen molar-refractivity contribution in [2.24, 2.45) is 0 Å². The number of nitrogens with zero attached hydrogens (tertiary/aromatic N) is 2. The molecule has 0 saturated carbocycles. The first-order valence-corrected chi connectivity index (χ1v) is 8.22. The molecule has 0 aliphatic carbocycles. The average molecular weight is 299 g/mol. The summed E-state index contributed by atoms with van der Waals surface area (Å²) in [7, 11) is 0. The monoisotopic (exact) mass is 299 g/mol. The third-order valence-corrected chi connectivity index (χ3v) is 5.49. The van der Waals surface area contributed by atoms with Crippen molar-refractivity contribution in [3.8, 4) is 0 Å². The fourth-order valence-corrected chi connectivity index (χ4v) is 4.31. The Labute approximate surface area is 127 Å². The number of carbonyl (C=O) groups is 1. The van der Waals surface area contributed by atoms with Crippen LogP contribution in [0.3, 0.4) is 0 Å². The SMILES string of the molecule is CC1c2ccsc2CCN1C(=O)c1ccnc2c1CCN2. The molecule has 4 nitrogen and oxygen atoms in total. The van der Waals surface area contributed by atoms with Crippen molar-refractivity contribution in [1.29, 1.82) is 0 Å². The summed E-state index contributed by atoms with van der Waals surface area (Å²) in [5.74, 6) is 1.02. The van der Waals surface area contributed by atoms with Crippen molar-refractivity contribution >= 4 is 23.1 Å². The second-order valence-corrected chi connectivity index (χ2v) is 6.59.